The highest BCUT2D eigenvalue weighted by molar-refractivity contribution is 9.10. The van der Waals surface area contributed by atoms with Gasteiger partial charge in [0.05, 0.1) is 10.0 Å². The lowest BCUT2D eigenvalue weighted by atomic mass is 9.82. The number of hydrogen-bond acceptors (Lipinski definition) is 2. The van der Waals surface area contributed by atoms with Gasteiger partial charge in [0.1, 0.15) is 5.82 Å². The van der Waals surface area contributed by atoms with Gasteiger partial charge in [-0.15, -0.1) is 0 Å². The standard InChI is InChI=1S/C14H17BrFNO2/c1-14(5-7-19-8-6-14)9-17-13(18)10-3-2-4-11(16)12(10)15/h2-4H,5-9H2,1H3,(H,17,18). The Balaban J connectivity index is 1.99. The quantitative estimate of drug-likeness (QED) is 0.925. The number of ether oxygens (including phenoxy) is 1. The van der Waals surface area contributed by atoms with Crippen LogP contribution < -0.4 is 5.32 Å². The molecule has 1 aromatic rings. The summed E-state index contributed by atoms with van der Waals surface area (Å²) in [4.78, 5) is 12.1. The maximum absolute atomic E-state index is 13.4. The summed E-state index contributed by atoms with van der Waals surface area (Å²) in [5.74, 6) is -0.677. The molecule has 1 heterocycles. The van der Waals surface area contributed by atoms with Gasteiger partial charge >= 0.3 is 0 Å². The summed E-state index contributed by atoms with van der Waals surface area (Å²) in [6.07, 6.45) is 1.86. The first-order valence-electron chi connectivity index (χ1n) is 6.32. The molecule has 1 fully saturated rings. The van der Waals surface area contributed by atoms with E-state index in [0.29, 0.717) is 12.1 Å². The first kappa shape index (κ1) is 14.5. The first-order valence-corrected chi connectivity index (χ1v) is 7.11. The van der Waals surface area contributed by atoms with E-state index in [9.17, 15) is 9.18 Å². The van der Waals surface area contributed by atoms with Crippen LogP contribution in [-0.4, -0.2) is 25.7 Å². The van der Waals surface area contributed by atoms with E-state index in [4.69, 9.17) is 4.74 Å². The third kappa shape index (κ3) is 3.54. The third-order valence-electron chi connectivity index (χ3n) is 3.57. The largest absolute Gasteiger partial charge is 0.381 e. The molecule has 104 valence electrons. The van der Waals surface area contributed by atoms with Gasteiger partial charge in [0, 0.05) is 19.8 Å². The predicted octanol–water partition coefficient (Wildman–Crippen LogP) is 3.13. The lowest BCUT2D eigenvalue weighted by molar-refractivity contribution is 0.0238. The molecule has 19 heavy (non-hydrogen) atoms. The number of benzene rings is 1. The normalized spacial score (nSPS) is 18.1. The van der Waals surface area contributed by atoms with Gasteiger partial charge in [-0.3, -0.25) is 4.79 Å². The van der Waals surface area contributed by atoms with Crippen molar-refractivity contribution >= 4 is 21.8 Å². The molecule has 1 aliphatic rings. The number of amides is 1. The van der Waals surface area contributed by atoms with Crippen LogP contribution in [0.15, 0.2) is 22.7 Å². The van der Waals surface area contributed by atoms with Gasteiger partial charge in [0.15, 0.2) is 0 Å². The molecule has 0 radical (unpaired) electrons. The Labute approximate surface area is 120 Å². The molecule has 1 saturated heterocycles. The van der Waals surface area contributed by atoms with Crippen LogP contribution in [-0.2, 0) is 4.74 Å². The van der Waals surface area contributed by atoms with E-state index < -0.39 is 5.82 Å². The maximum atomic E-state index is 13.4. The molecule has 5 heteroatoms. The second kappa shape index (κ2) is 6.01. The Hall–Kier alpha value is -0.940. The van der Waals surface area contributed by atoms with Crippen molar-refractivity contribution in [3.63, 3.8) is 0 Å². The molecular formula is C14H17BrFNO2. The number of carbonyl (C=O) groups is 1. The molecule has 0 spiro atoms. The fourth-order valence-electron chi connectivity index (χ4n) is 2.11. The summed E-state index contributed by atoms with van der Waals surface area (Å²) in [5.41, 5.74) is 0.393. The topological polar surface area (TPSA) is 38.3 Å². The van der Waals surface area contributed by atoms with E-state index in [1.807, 2.05) is 0 Å². The van der Waals surface area contributed by atoms with Crippen molar-refractivity contribution in [2.45, 2.75) is 19.8 Å². The van der Waals surface area contributed by atoms with Crippen molar-refractivity contribution in [1.29, 1.82) is 0 Å². The van der Waals surface area contributed by atoms with Crippen molar-refractivity contribution in [2.75, 3.05) is 19.8 Å². The van der Waals surface area contributed by atoms with E-state index in [2.05, 4.69) is 28.2 Å². The molecule has 0 saturated carbocycles. The Morgan fingerprint density at radius 3 is 2.84 bits per heavy atom. The minimum absolute atomic E-state index is 0.0632. The van der Waals surface area contributed by atoms with E-state index in [1.165, 1.54) is 12.1 Å². The fraction of sp³-hybridized carbons (Fsp3) is 0.500. The van der Waals surface area contributed by atoms with Crippen molar-refractivity contribution in [1.82, 2.24) is 5.32 Å². The van der Waals surface area contributed by atoms with Crippen LogP contribution in [0.25, 0.3) is 0 Å². The molecule has 1 aliphatic heterocycles. The number of halogens is 2. The van der Waals surface area contributed by atoms with Gasteiger partial charge in [0.25, 0.3) is 5.91 Å². The lowest BCUT2D eigenvalue weighted by Gasteiger charge is -2.33. The molecule has 1 amide bonds. The molecule has 1 N–H and O–H groups in total. The smallest absolute Gasteiger partial charge is 0.252 e. The predicted molar refractivity (Wildman–Crippen MR) is 74.6 cm³/mol. The second-order valence-electron chi connectivity index (χ2n) is 5.21. The highest BCUT2D eigenvalue weighted by atomic mass is 79.9. The van der Waals surface area contributed by atoms with Gasteiger partial charge in [-0.2, -0.15) is 0 Å². The van der Waals surface area contributed by atoms with Gasteiger partial charge in [-0.1, -0.05) is 13.0 Å². The number of rotatable bonds is 3. The van der Waals surface area contributed by atoms with E-state index >= 15 is 0 Å². The highest BCUT2D eigenvalue weighted by Gasteiger charge is 2.28. The number of nitrogens with one attached hydrogen (secondary N) is 1. The minimum atomic E-state index is -0.426. The van der Waals surface area contributed by atoms with E-state index in [0.717, 1.165) is 26.1 Å². The molecule has 0 atom stereocenters. The molecule has 0 unspecified atom stereocenters. The molecule has 0 bridgehead atoms. The average molecular weight is 330 g/mol. The van der Waals surface area contributed by atoms with Crippen molar-refractivity contribution in [2.24, 2.45) is 5.41 Å². The Kier molecular flexibility index (Phi) is 4.58. The van der Waals surface area contributed by atoms with Crippen LogP contribution in [0.5, 0.6) is 0 Å². The number of carbonyl (C=O) groups excluding carboxylic acids is 1. The summed E-state index contributed by atoms with van der Waals surface area (Å²) in [6.45, 7) is 4.18. The Morgan fingerprint density at radius 1 is 1.47 bits per heavy atom. The lowest BCUT2D eigenvalue weighted by Crippen LogP contribution is -2.39. The molecule has 2 rings (SSSR count). The van der Waals surface area contributed by atoms with Gasteiger partial charge in [0.2, 0.25) is 0 Å². The zero-order valence-electron chi connectivity index (χ0n) is 10.8. The summed E-state index contributed by atoms with van der Waals surface area (Å²) in [6, 6.07) is 4.46. The fourth-order valence-corrected chi connectivity index (χ4v) is 2.55. The van der Waals surface area contributed by atoms with Crippen LogP contribution in [0.2, 0.25) is 0 Å². The first-order chi connectivity index (χ1) is 9.02. The number of hydrogen-bond donors (Lipinski definition) is 1. The van der Waals surface area contributed by atoms with E-state index in [1.54, 1.807) is 6.07 Å². The molecule has 0 aliphatic carbocycles. The van der Waals surface area contributed by atoms with Crippen molar-refractivity contribution in [3.05, 3.63) is 34.1 Å². The van der Waals surface area contributed by atoms with Crippen LogP contribution in [0.1, 0.15) is 30.1 Å². The molecule has 1 aromatic carbocycles. The second-order valence-corrected chi connectivity index (χ2v) is 6.00. The third-order valence-corrected chi connectivity index (χ3v) is 4.38. The Morgan fingerprint density at radius 2 is 2.16 bits per heavy atom. The van der Waals surface area contributed by atoms with Gasteiger partial charge in [-0.05, 0) is 46.3 Å². The van der Waals surface area contributed by atoms with Crippen LogP contribution in [0.3, 0.4) is 0 Å². The summed E-state index contributed by atoms with van der Waals surface area (Å²) < 4.78 is 18.9. The zero-order chi connectivity index (χ0) is 13.9. The van der Waals surface area contributed by atoms with Gasteiger partial charge < -0.3 is 10.1 Å². The van der Waals surface area contributed by atoms with Crippen molar-refractivity contribution < 1.29 is 13.9 Å². The minimum Gasteiger partial charge on any atom is -0.381 e. The van der Waals surface area contributed by atoms with Gasteiger partial charge in [-0.25, -0.2) is 4.39 Å². The Bertz CT molecular complexity index is 473. The molecular weight excluding hydrogens is 313 g/mol. The van der Waals surface area contributed by atoms with Crippen LogP contribution >= 0.6 is 15.9 Å². The summed E-state index contributed by atoms with van der Waals surface area (Å²) in [5, 5.41) is 2.89. The molecule has 0 aromatic heterocycles. The zero-order valence-corrected chi connectivity index (χ0v) is 12.4. The molecule has 3 nitrogen and oxygen atoms in total. The SMILES string of the molecule is CC1(CNC(=O)c2cccc(F)c2Br)CCOCC1. The maximum Gasteiger partial charge on any atom is 0.252 e. The summed E-state index contributed by atoms with van der Waals surface area (Å²) in [7, 11) is 0. The monoisotopic (exact) mass is 329 g/mol. The van der Waals surface area contributed by atoms with E-state index in [-0.39, 0.29) is 15.8 Å². The highest BCUT2D eigenvalue weighted by Crippen LogP contribution is 2.29. The van der Waals surface area contributed by atoms with Crippen LogP contribution in [0, 0.1) is 11.2 Å². The van der Waals surface area contributed by atoms with Crippen molar-refractivity contribution in [3.8, 4) is 0 Å². The summed E-state index contributed by atoms with van der Waals surface area (Å²) >= 11 is 3.10. The van der Waals surface area contributed by atoms with Crippen LogP contribution in [0.4, 0.5) is 4.39 Å². The average Bonchev–Trinajstić information content (AvgIpc) is 2.40.